The molecular weight excluding hydrogens is 350 g/mol. The van der Waals surface area contributed by atoms with E-state index in [1.54, 1.807) is 6.92 Å². The van der Waals surface area contributed by atoms with Crippen molar-refractivity contribution in [3.8, 4) is 11.5 Å². The lowest BCUT2D eigenvalue weighted by molar-refractivity contribution is -0.384. The first kappa shape index (κ1) is 18.2. The maximum absolute atomic E-state index is 12.2. The summed E-state index contributed by atoms with van der Waals surface area (Å²) in [6, 6.07) is 8.21. The molecule has 0 aliphatic carbocycles. The van der Waals surface area contributed by atoms with Crippen molar-refractivity contribution in [2.75, 3.05) is 0 Å². The van der Waals surface area contributed by atoms with Crippen LogP contribution >= 0.6 is 0 Å². The van der Waals surface area contributed by atoms with Gasteiger partial charge in [-0.25, -0.2) is 0 Å². The average Bonchev–Trinajstić information content (AvgIpc) is 2.57. The Hall–Kier alpha value is -3.14. The number of sulfonamides is 1. The minimum atomic E-state index is -4.03. The molecule has 0 saturated heterocycles. The molecule has 9 nitrogen and oxygen atoms in total. The second-order valence-corrected chi connectivity index (χ2v) is 6.62. The molecule has 10 heteroatoms. The zero-order valence-corrected chi connectivity index (χ0v) is 13.9. The lowest BCUT2D eigenvalue weighted by Crippen LogP contribution is -2.20. The van der Waals surface area contributed by atoms with Crippen molar-refractivity contribution in [1.82, 2.24) is 4.83 Å². The SMILES string of the molecule is CC/C(=N\NS(=O)(=O)c1ccc([N+](=O)[O-])cc1)c1ccc(O)cc1O. The molecule has 2 aromatic carbocycles. The normalized spacial score (nSPS) is 12.0. The zero-order chi connectivity index (χ0) is 18.6. The third kappa shape index (κ3) is 4.23. The van der Waals surface area contributed by atoms with Gasteiger partial charge in [-0.15, -0.1) is 0 Å². The number of benzene rings is 2. The summed E-state index contributed by atoms with van der Waals surface area (Å²) in [5.41, 5.74) is 0.292. The smallest absolute Gasteiger partial charge is 0.276 e. The molecule has 0 atom stereocenters. The summed E-state index contributed by atoms with van der Waals surface area (Å²) in [6.07, 6.45) is 0.307. The molecule has 3 N–H and O–H groups in total. The number of aromatic hydroxyl groups is 2. The fraction of sp³-hybridized carbons (Fsp3) is 0.133. The van der Waals surface area contributed by atoms with Gasteiger partial charge in [0.2, 0.25) is 0 Å². The predicted molar refractivity (Wildman–Crippen MR) is 90.0 cm³/mol. The Labute approximate surface area is 143 Å². The molecule has 0 bridgehead atoms. The molecule has 0 unspecified atom stereocenters. The number of non-ortho nitro benzene ring substituents is 1. The summed E-state index contributed by atoms with van der Waals surface area (Å²) < 4.78 is 24.4. The lowest BCUT2D eigenvalue weighted by atomic mass is 10.1. The molecule has 0 amide bonds. The summed E-state index contributed by atoms with van der Waals surface area (Å²) in [5.74, 6) is -0.377. The first-order chi connectivity index (χ1) is 11.7. The van der Waals surface area contributed by atoms with E-state index in [9.17, 15) is 28.7 Å². The minimum Gasteiger partial charge on any atom is -0.508 e. The van der Waals surface area contributed by atoms with Crippen LogP contribution < -0.4 is 4.83 Å². The highest BCUT2D eigenvalue weighted by Crippen LogP contribution is 2.24. The van der Waals surface area contributed by atoms with Crippen molar-refractivity contribution >= 4 is 21.4 Å². The van der Waals surface area contributed by atoms with Gasteiger partial charge in [0.25, 0.3) is 15.7 Å². The molecule has 0 fully saturated rings. The van der Waals surface area contributed by atoms with Gasteiger partial charge >= 0.3 is 0 Å². The van der Waals surface area contributed by atoms with Crippen molar-refractivity contribution in [2.24, 2.45) is 5.10 Å². The van der Waals surface area contributed by atoms with Gasteiger partial charge in [-0.05, 0) is 30.7 Å². The molecule has 0 aliphatic heterocycles. The van der Waals surface area contributed by atoms with E-state index < -0.39 is 14.9 Å². The van der Waals surface area contributed by atoms with Crippen LogP contribution in [0.1, 0.15) is 18.9 Å². The van der Waals surface area contributed by atoms with E-state index in [0.29, 0.717) is 6.42 Å². The summed E-state index contributed by atoms with van der Waals surface area (Å²) in [5, 5.41) is 33.6. The van der Waals surface area contributed by atoms with Crippen molar-refractivity contribution in [2.45, 2.75) is 18.2 Å². The molecule has 0 aromatic heterocycles. The molecule has 25 heavy (non-hydrogen) atoms. The van der Waals surface area contributed by atoms with Gasteiger partial charge in [-0.3, -0.25) is 10.1 Å². The molecule has 2 rings (SSSR count). The van der Waals surface area contributed by atoms with Crippen molar-refractivity contribution in [3.05, 3.63) is 58.1 Å². The number of nitrogens with one attached hydrogen (secondary N) is 1. The maximum Gasteiger partial charge on any atom is 0.276 e. The largest absolute Gasteiger partial charge is 0.508 e. The van der Waals surface area contributed by atoms with Crippen LogP contribution in [-0.4, -0.2) is 29.3 Å². The Morgan fingerprint density at radius 1 is 1.20 bits per heavy atom. The summed E-state index contributed by atoms with van der Waals surface area (Å²) in [6.45, 7) is 1.71. The van der Waals surface area contributed by atoms with Crippen LogP contribution in [0.25, 0.3) is 0 Å². The fourth-order valence-electron chi connectivity index (χ4n) is 2.01. The molecule has 2 aromatic rings. The van der Waals surface area contributed by atoms with E-state index in [-0.39, 0.29) is 33.4 Å². The minimum absolute atomic E-state index is 0.136. The third-order valence-electron chi connectivity index (χ3n) is 3.29. The van der Waals surface area contributed by atoms with Gasteiger partial charge in [-0.2, -0.15) is 18.4 Å². The van der Waals surface area contributed by atoms with E-state index in [1.807, 2.05) is 4.83 Å². The molecule has 0 spiro atoms. The fourth-order valence-corrected chi connectivity index (χ4v) is 2.84. The van der Waals surface area contributed by atoms with E-state index in [1.165, 1.54) is 12.1 Å². The number of hydrogen-bond acceptors (Lipinski definition) is 7. The number of phenols is 2. The molecule has 0 saturated carbocycles. The van der Waals surface area contributed by atoms with Crippen LogP contribution in [0.3, 0.4) is 0 Å². The second kappa shape index (κ2) is 7.18. The molecule has 132 valence electrons. The van der Waals surface area contributed by atoms with E-state index in [4.69, 9.17) is 0 Å². The van der Waals surface area contributed by atoms with Gasteiger partial charge < -0.3 is 10.2 Å². The Balaban J connectivity index is 2.29. The summed E-state index contributed by atoms with van der Waals surface area (Å²) in [7, 11) is -4.03. The average molecular weight is 365 g/mol. The van der Waals surface area contributed by atoms with Crippen LogP contribution in [-0.2, 0) is 10.0 Å². The molecule has 0 radical (unpaired) electrons. The third-order valence-corrected chi connectivity index (χ3v) is 4.51. The Bertz CT molecular complexity index is 923. The van der Waals surface area contributed by atoms with Crippen molar-refractivity contribution < 1.29 is 23.6 Å². The first-order valence-corrected chi connectivity index (χ1v) is 8.58. The number of phenolic OH excluding ortho intramolecular Hbond substituents is 2. The highest BCUT2D eigenvalue weighted by Gasteiger charge is 2.16. The Morgan fingerprint density at radius 2 is 1.84 bits per heavy atom. The highest BCUT2D eigenvalue weighted by molar-refractivity contribution is 7.89. The standard InChI is InChI=1S/C15H15N3O6S/c1-2-14(13-8-5-11(19)9-15(13)20)16-17-25(23,24)12-6-3-10(4-7-12)18(21)22/h3-9,17,19-20H,2H2,1H3/b16-14+. The monoisotopic (exact) mass is 365 g/mol. The zero-order valence-electron chi connectivity index (χ0n) is 13.1. The maximum atomic E-state index is 12.2. The number of hydrazone groups is 1. The number of nitrogens with zero attached hydrogens (tertiary/aromatic N) is 2. The molecule has 0 heterocycles. The van der Waals surface area contributed by atoms with Crippen LogP contribution in [0.15, 0.2) is 52.5 Å². The van der Waals surface area contributed by atoms with Crippen LogP contribution in [0.5, 0.6) is 11.5 Å². The second-order valence-electron chi connectivity index (χ2n) is 4.96. The topological polar surface area (TPSA) is 142 Å². The molecule has 0 aliphatic rings. The van der Waals surface area contributed by atoms with Crippen LogP contribution in [0.4, 0.5) is 5.69 Å². The van der Waals surface area contributed by atoms with E-state index in [0.717, 1.165) is 30.3 Å². The van der Waals surface area contributed by atoms with Crippen molar-refractivity contribution in [3.63, 3.8) is 0 Å². The number of rotatable bonds is 6. The van der Waals surface area contributed by atoms with Crippen LogP contribution in [0.2, 0.25) is 0 Å². The highest BCUT2D eigenvalue weighted by atomic mass is 32.2. The quantitative estimate of drug-likeness (QED) is 0.406. The number of nitro groups is 1. The predicted octanol–water partition coefficient (Wildman–Crippen LogP) is 2.10. The number of nitro benzene ring substituents is 1. The Morgan fingerprint density at radius 3 is 2.36 bits per heavy atom. The lowest BCUT2D eigenvalue weighted by Gasteiger charge is -2.09. The first-order valence-electron chi connectivity index (χ1n) is 7.09. The van der Waals surface area contributed by atoms with Gasteiger partial charge in [0, 0.05) is 23.8 Å². The summed E-state index contributed by atoms with van der Waals surface area (Å²) in [4.78, 5) is 11.8. The van der Waals surface area contributed by atoms with Gasteiger partial charge in [0.15, 0.2) is 0 Å². The van der Waals surface area contributed by atoms with E-state index in [2.05, 4.69) is 5.10 Å². The van der Waals surface area contributed by atoms with Gasteiger partial charge in [-0.1, -0.05) is 6.92 Å². The molecular formula is C15H15N3O6S. The Kier molecular flexibility index (Phi) is 5.22. The number of hydrogen-bond donors (Lipinski definition) is 3. The van der Waals surface area contributed by atoms with Gasteiger partial charge in [0.05, 0.1) is 15.5 Å². The summed E-state index contributed by atoms with van der Waals surface area (Å²) >= 11 is 0. The van der Waals surface area contributed by atoms with Gasteiger partial charge in [0.1, 0.15) is 11.5 Å². The van der Waals surface area contributed by atoms with E-state index >= 15 is 0 Å². The van der Waals surface area contributed by atoms with Crippen LogP contribution in [0, 0.1) is 10.1 Å². The van der Waals surface area contributed by atoms with Crippen molar-refractivity contribution in [1.29, 1.82) is 0 Å².